The van der Waals surface area contributed by atoms with E-state index in [1.165, 1.54) is 0 Å². The molecule has 0 aliphatic heterocycles. The van der Waals surface area contributed by atoms with E-state index in [9.17, 15) is 5.11 Å². The minimum absolute atomic E-state index is 0.382. The van der Waals surface area contributed by atoms with Gasteiger partial charge in [0.05, 0.1) is 17.4 Å². The summed E-state index contributed by atoms with van der Waals surface area (Å²) >= 11 is 4.87. The lowest BCUT2D eigenvalue weighted by Gasteiger charge is -2.12. The van der Waals surface area contributed by atoms with Gasteiger partial charge in [-0.1, -0.05) is 15.9 Å². The van der Waals surface area contributed by atoms with Crippen LogP contribution in [0.4, 0.5) is 5.69 Å². The van der Waals surface area contributed by atoms with Gasteiger partial charge >= 0.3 is 0 Å². The average molecular weight is 323 g/mol. The number of rotatable bonds is 4. The van der Waals surface area contributed by atoms with Crippen molar-refractivity contribution in [3.63, 3.8) is 0 Å². The quantitative estimate of drug-likeness (QED) is 0.905. The number of nitriles is 1. The van der Waals surface area contributed by atoms with Gasteiger partial charge in [-0.05, 0) is 40.6 Å². The van der Waals surface area contributed by atoms with Crippen LogP contribution in [0.15, 0.2) is 39.5 Å². The third kappa shape index (κ3) is 3.10. The fourth-order valence-corrected chi connectivity index (χ4v) is 2.62. The monoisotopic (exact) mass is 322 g/mol. The van der Waals surface area contributed by atoms with Crippen molar-refractivity contribution < 1.29 is 5.11 Å². The average Bonchev–Trinajstić information content (AvgIpc) is 2.90. The Labute approximate surface area is 118 Å². The first-order chi connectivity index (χ1) is 8.70. The van der Waals surface area contributed by atoms with E-state index in [2.05, 4.69) is 27.3 Å². The zero-order valence-corrected chi connectivity index (χ0v) is 11.8. The van der Waals surface area contributed by atoms with Crippen LogP contribution >= 0.6 is 27.3 Å². The molecule has 0 spiro atoms. The maximum absolute atomic E-state index is 9.94. The molecule has 0 radical (unpaired) electrons. The highest BCUT2D eigenvalue weighted by molar-refractivity contribution is 9.10. The van der Waals surface area contributed by atoms with Gasteiger partial charge in [0.1, 0.15) is 6.07 Å². The van der Waals surface area contributed by atoms with E-state index < -0.39 is 6.10 Å². The van der Waals surface area contributed by atoms with Gasteiger partial charge in [0.15, 0.2) is 0 Å². The van der Waals surface area contributed by atoms with Crippen molar-refractivity contribution in [3.05, 3.63) is 50.6 Å². The molecule has 2 N–H and O–H groups in total. The summed E-state index contributed by atoms with van der Waals surface area (Å²) in [7, 11) is 0. The standard InChI is InChI=1S/C13H11BrN2OS/c14-11-1-2-12(10(5-11)6-15)16-7-13(17)9-3-4-18-8-9/h1-5,8,13,16-17H,7H2. The lowest BCUT2D eigenvalue weighted by Crippen LogP contribution is -2.12. The number of aliphatic hydroxyl groups is 1. The van der Waals surface area contributed by atoms with Gasteiger partial charge in [0.2, 0.25) is 0 Å². The van der Waals surface area contributed by atoms with Crippen molar-refractivity contribution in [1.29, 1.82) is 5.26 Å². The summed E-state index contributed by atoms with van der Waals surface area (Å²) < 4.78 is 0.864. The number of hydrogen-bond acceptors (Lipinski definition) is 4. The van der Waals surface area contributed by atoms with Gasteiger partial charge in [-0.3, -0.25) is 0 Å². The van der Waals surface area contributed by atoms with Crippen LogP contribution in [-0.4, -0.2) is 11.7 Å². The number of thiophene rings is 1. The van der Waals surface area contributed by atoms with Crippen LogP contribution in [0, 0.1) is 11.3 Å². The van der Waals surface area contributed by atoms with Crippen molar-refractivity contribution in [2.75, 3.05) is 11.9 Å². The van der Waals surface area contributed by atoms with E-state index in [1.807, 2.05) is 29.0 Å². The molecule has 0 saturated heterocycles. The van der Waals surface area contributed by atoms with Gasteiger partial charge in [-0.25, -0.2) is 0 Å². The zero-order chi connectivity index (χ0) is 13.0. The predicted molar refractivity (Wildman–Crippen MR) is 76.6 cm³/mol. The molecule has 1 unspecified atom stereocenters. The van der Waals surface area contributed by atoms with Gasteiger partial charge in [-0.15, -0.1) is 0 Å². The number of benzene rings is 1. The number of anilines is 1. The van der Waals surface area contributed by atoms with Gasteiger partial charge < -0.3 is 10.4 Å². The fourth-order valence-electron chi connectivity index (χ4n) is 1.55. The first-order valence-electron chi connectivity index (χ1n) is 5.34. The van der Waals surface area contributed by atoms with Crippen molar-refractivity contribution in [1.82, 2.24) is 0 Å². The highest BCUT2D eigenvalue weighted by atomic mass is 79.9. The predicted octanol–water partition coefficient (Wildman–Crippen LogP) is 3.53. The summed E-state index contributed by atoms with van der Waals surface area (Å²) in [6.45, 7) is 0.382. The Morgan fingerprint density at radius 3 is 2.94 bits per heavy atom. The Kier molecular flexibility index (Phi) is 4.37. The second kappa shape index (κ2) is 6.01. The van der Waals surface area contributed by atoms with E-state index in [4.69, 9.17) is 5.26 Å². The number of halogens is 1. The third-order valence-electron chi connectivity index (χ3n) is 2.52. The highest BCUT2D eigenvalue weighted by Crippen LogP contribution is 2.22. The number of nitrogens with zero attached hydrogens (tertiary/aromatic N) is 1. The smallest absolute Gasteiger partial charge is 0.101 e. The van der Waals surface area contributed by atoms with Crippen molar-refractivity contribution >= 4 is 33.0 Å². The zero-order valence-electron chi connectivity index (χ0n) is 9.43. The minimum Gasteiger partial charge on any atom is -0.387 e. The SMILES string of the molecule is N#Cc1cc(Br)ccc1NCC(O)c1ccsc1. The second-order valence-corrected chi connectivity index (χ2v) is 5.45. The summed E-state index contributed by atoms with van der Waals surface area (Å²) in [4.78, 5) is 0. The normalized spacial score (nSPS) is 11.8. The van der Waals surface area contributed by atoms with E-state index in [-0.39, 0.29) is 0 Å². The first-order valence-corrected chi connectivity index (χ1v) is 7.08. The Bertz CT molecular complexity index is 563. The molecule has 1 aromatic carbocycles. The van der Waals surface area contributed by atoms with Gasteiger partial charge in [0, 0.05) is 11.0 Å². The highest BCUT2D eigenvalue weighted by Gasteiger charge is 2.09. The lowest BCUT2D eigenvalue weighted by molar-refractivity contribution is 0.192. The summed E-state index contributed by atoms with van der Waals surface area (Å²) in [6.07, 6.45) is -0.563. The largest absolute Gasteiger partial charge is 0.387 e. The van der Waals surface area contributed by atoms with Crippen LogP contribution in [0.1, 0.15) is 17.2 Å². The molecule has 0 bridgehead atoms. The topological polar surface area (TPSA) is 56.0 Å². The van der Waals surface area contributed by atoms with Crippen LogP contribution in [0.3, 0.4) is 0 Å². The fraction of sp³-hybridized carbons (Fsp3) is 0.154. The van der Waals surface area contributed by atoms with Crippen LogP contribution in [0.2, 0.25) is 0 Å². The second-order valence-electron chi connectivity index (χ2n) is 3.76. The molecule has 18 heavy (non-hydrogen) atoms. The molecule has 0 amide bonds. The summed E-state index contributed by atoms with van der Waals surface area (Å²) in [5.74, 6) is 0. The van der Waals surface area contributed by atoms with Crippen LogP contribution in [-0.2, 0) is 0 Å². The molecular weight excluding hydrogens is 312 g/mol. The molecule has 1 atom stereocenters. The van der Waals surface area contributed by atoms with E-state index in [0.29, 0.717) is 12.1 Å². The van der Waals surface area contributed by atoms with Crippen LogP contribution in [0.5, 0.6) is 0 Å². The molecular formula is C13H11BrN2OS. The number of nitrogens with one attached hydrogen (secondary N) is 1. The molecule has 0 aliphatic rings. The number of hydrogen-bond donors (Lipinski definition) is 2. The maximum atomic E-state index is 9.94. The van der Waals surface area contributed by atoms with E-state index in [0.717, 1.165) is 15.7 Å². The minimum atomic E-state index is -0.563. The molecule has 5 heteroatoms. The molecule has 1 aromatic heterocycles. The molecule has 1 heterocycles. The first kappa shape index (κ1) is 13.1. The maximum Gasteiger partial charge on any atom is 0.101 e. The van der Waals surface area contributed by atoms with Gasteiger partial charge in [0.25, 0.3) is 0 Å². The Morgan fingerprint density at radius 2 is 2.28 bits per heavy atom. The molecule has 92 valence electrons. The third-order valence-corrected chi connectivity index (χ3v) is 3.71. The molecule has 3 nitrogen and oxygen atoms in total. The lowest BCUT2D eigenvalue weighted by atomic mass is 10.1. The van der Waals surface area contributed by atoms with Crippen LogP contribution < -0.4 is 5.32 Å². The van der Waals surface area contributed by atoms with E-state index in [1.54, 1.807) is 17.4 Å². The summed E-state index contributed by atoms with van der Waals surface area (Å²) in [5.41, 5.74) is 2.18. The van der Waals surface area contributed by atoms with Crippen molar-refractivity contribution in [2.45, 2.75) is 6.10 Å². The van der Waals surface area contributed by atoms with Crippen molar-refractivity contribution in [3.8, 4) is 6.07 Å². The molecule has 0 saturated carbocycles. The Hall–Kier alpha value is -1.35. The van der Waals surface area contributed by atoms with Crippen LogP contribution in [0.25, 0.3) is 0 Å². The molecule has 0 aliphatic carbocycles. The molecule has 0 fully saturated rings. The molecule has 2 aromatic rings. The molecule has 2 rings (SSSR count). The number of aliphatic hydroxyl groups excluding tert-OH is 1. The Balaban J connectivity index is 2.05. The van der Waals surface area contributed by atoms with Gasteiger partial charge in [-0.2, -0.15) is 16.6 Å². The summed E-state index contributed by atoms with van der Waals surface area (Å²) in [5, 5.41) is 25.9. The van der Waals surface area contributed by atoms with Crippen molar-refractivity contribution in [2.24, 2.45) is 0 Å². The van der Waals surface area contributed by atoms with E-state index >= 15 is 0 Å². The Morgan fingerprint density at radius 1 is 1.44 bits per heavy atom. The summed E-state index contributed by atoms with van der Waals surface area (Å²) in [6, 6.07) is 9.45.